The van der Waals surface area contributed by atoms with E-state index < -0.39 is 0 Å². The molecule has 0 spiro atoms. The zero-order valence-corrected chi connectivity index (χ0v) is 13.9. The SMILES string of the molecule is CC1=C(C#N)C(c2ccccc2I)C2=C(CCCC2=O)N1. The van der Waals surface area contributed by atoms with Gasteiger partial charge in [0, 0.05) is 27.0 Å². The molecule has 1 atom stereocenters. The molecular formula is C17H15IN2O. The highest BCUT2D eigenvalue weighted by atomic mass is 127. The van der Waals surface area contributed by atoms with Gasteiger partial charge < -0.3 is 5.32 Å². The van der Waals surface area contributed by atoms with E-state index in [2.05, 4.69) is 34.0 Å². The van der Waals surface area contributed by atoms with E-state index in [1.807, 2.05) is 31.2 Å². The number of hydrogen-bond donors (Lipinski definition) is 1. The number of benzene rings is 1. The van der Waals surface area contributed by atoms with Gasteiger partial charge in [-0.05, 0) is 54.0 Å². The van der Waals surface area contributed by atoms with Crippen LogP contribution < -0.4 is 5.32 Å². The maximum absolute atomic E-state index is 12.5. The summed E-state index contributed by atoms with van der Waals surface area (Å²) in [6, 6.07) is 10.3. The van der Waals surface area contributed by atoms with Crippen molar-refractivity contribution < 1.29 is 4.79 Å². The number of rotatable bonds is 1. The number of dihydropyridines is 1. The van der Waals surface area contributed by atoms with E-state index in [0.717, 1.165) is 38.9 Å². The van der Waals surface area contributed by atoms with Crippen LogP contribution in [0.4, 0.5) is 0 Å². The fraction of sp³-hybridized carbons (Fsp3) is 0.294. The second kappa shape index (κ2) is 5.64. The van der Waals surface area contributed by atoms with Crippen LogP contribution in [0.1, 0.15) is 37.7 Å². The lowest BCUT2D eigenvalue weighted by molar-refractivity contribution is -0.116. The molecule has 0 radical (unpaired) electrons. The first-order chi connectivity index (χ1) is 10.1. The summed E-state index contributed by atoms with van der Waals surface area (Å²) >= 11 is 2.28. The van der Waals surface area contributed by atoms with Crippen molar-refractivity contribution >= 4 is 28.4 Å². The van der Waals surface area contributed by atoms with Crippen LogP contribution >= 0.6 is 22.6 Å². The van der Waals surface area contributed by atoms with Crippen molar-refractivity contribution in [3.63, 3.8) is 0 Å². The number of allylic oxidation sites excluding steroid dienone is 4. The zero-order valence-electron chi connectivity index (χ0n) is 11.7. The first-order valence-electron chi connectivity index (χ1n) is 7.02. The van der Waals surface area contributed by atoms with Crippen LogP contribution in [0.3, 0.4) is 0 Å². The molecule has 0 aromatic heterocycles. The molecular weight excluding hydrogens is 375 g/mol. The van der Waals surface area contributed by atoms with Crippen molar-refractivity contribution in [1.82, 2.24) is 5.32 Å². The Balaban J connectivity index is 2.23. The predicted molar refractivity (Wildman–Crippen MR) is 89.2 cm³/mol. The van der Waals surface area contributed by atoms with Gasteiger partial charge in [0.2, 0.25) is 0 Å². The molecule has 1 aliphatic carbocycles. The molecule has 1 heterocycles. The number of nitrogens with one attached hydrogen (secondary N) is 1. The molecule has 3 nitrogen and oxygen atoms in total. The number of carbonyl (C=O) groups excluding carboxylic acids is 1. The molecule has 4 heteroatoms. The van der Waals surface area contributed by atoms with Crippen molar-refractivity contribution in [3.8, 4) is 6.07 Å². The third kappa shape index (κ3) is 2.40. The minimum absolute atomic E-state index is 0.175. The summed E-state index contributed by atoms with van der Waals surface area (Å²) in [6.07, 6.45) is 2.35. The Kier molecular flexibility index (Phi) is 3.85. The molecule has 1 aliphatic heterocycles. The van der Waals surface area contributed by atoms with Gasteiger partial charge in [0.05, 0.1) is 17.6 Å². The van der Waals surface area contributed by atoms with E-state index in [9.17, 15) is 10.1 Å². The van der Waals surface area contributed by atoms with Gasteiger partial charge in [-0.25, -0.2) is 0 Å². The Bertz CT molecular complexity index is 725. The highest BCUT2D eigenvalue weighted by Gasteiger charge is 2.36. The molecule has 1 unspecified atom stereocenters. The minimum Gasteiger partial charge on any atom is -0.361 e. The highest BCUT2D eigenvalue weighted by Crippen LogP contribution is 2.42. The van der Waals surface area contributed by atoms with Crippen LogP contribution in [0.25, 0.3) is 0 Å². The molecule has 0 saturated heterocycles. The smallest absolute Gasteiger partial charge is 0.161 e. The fourth-order valence-electron chi connectivity index (χ4n) is 3.15. The van der Waals surface area contributed by atoms with Gasteiger partial charge in [-0.3, -0.25) is 4.79 Å². The van der Waals surface area contributed by atoms with Crippen LogP contribution in [0, 0.1) is 14.9 Å². The molecule has 1 aromatic rings. The Morgan fingerprint density at radius 1 is 1.33 bits per heavy atom. The second-order valence-corrected chi connectivity index (χ2v) is 6.56. The number of Topliss-reactive ketones (excluding diaryl/α,β-unsaturated/α-hetero) is 1. The summed E-state index contributed by atoms with van der Waals surface area (Å²) in [6.45, 7) is 1.92. The molecule has 2 aliphatic rings. The summed E-state index contributed by atoms with van der Waals surface area (Å²) in [7, 11) is 0. The minimum atomic E-state index is -0.216. The summed E-state index contributed by atoms with van der Waals surface area (Å²) < 4.78 is 1.09. The Morgan fingerprint density at radius 3 is 2.81 bits per heavy atom. The number of carbonyl (C=O) groups is 1. The third-order valence-electron chi connectivity index (χ3n) is 4.11. The van der Waals surface area contributed by atoms with Crippen LogP contribution in [0.15, 0.2) is 46.8 Å². The molecule has 0 bridgehead atoms. The van der Waals surface area contributed by atoms with Gasteiger partial charge >= 0.3 is 0 Å². The molecule has 1 N–H and O–H groups in total. The average molecular weight is 390 g/mol. The quantitative estimate of drug-likeness (QED) is 0.743. The topological polar surface area (TPSA) is 52.9 Å². The maximum Gasteiger partial charge on any atom is 0.161 e. The van der Waals surface area contributed by atoms with Crippen molar-refractivity contribution in [2.45, 2.75) is 32.1 Å². The normalized spacial score (nSPS) is 21.8. The molecule has 0 amide bonds. The second-order valence-electron chi connectivity index (χ2n) is 5.40. The number of nitrogens with zero attached hydrogens (tertiary/aromatic N) is 1. The summed E-state index contributed by atoms with van der Waals surface area (Å²) in [5, 5.41) is 12.9. The molecule has 0 fully saturated rings. The Hall–Kier alpha value is -1.61. The molecule has 0 saturated carbocycles. The van der Waals surface area contributed by atoms with Crippen molar-refractivity contribution in [2.75, 3.05) is 0 Å². The van der Waals surface area contributed by atoms with Crippen molar-refractivity contribution in [2.24, 2.45) is 0 Å². The Labute approximate surface area is 137 Å². The maximum atomic E-state index is 12.5. The lowest BCUT2D eigenvalue weighted by atomic mass is 9.76. The highest BCUT2D eigenvalue weighted by molar-refractivity contribution is 14.1. The van der Waals surface area contributed by atoms with E-state index in [-0.39, 0.29) is 11.7 Å². The van der Waals surface area contributed by atoms with Gasteiger partial charge in [0.25, 0.3) is 0 Å². The van der Waals surface area contributed by atoms with Crippen LogP contribution in [-0.4, -0.2) is 5.78 Å². The van der Waals surface area contributed by atoms with Gasteiger partial charge in [0.15, 0.2) is 5.78 Å². The molecule has 3 rings (SSSR count). The van der Waals surface area contributed by atoms with E-state index in [0.29, 0.717) is 12.0 Å². The van der Waals surface area contributed by atoms with E-state index in [4.69, 9.17) is 0 Å². The van der Waals surface area contributed by atoms with Crippen LogP contribution in [0.2, 0.25) is 0 Å². The first-order valence-corrected chi connectivity index (χ1v) is 8.10. The van der Waals surface area contributed by atoms with E-state index >= 15 is 0 Å². The van der Waals surface area contributed by atoms with Gasteiger partial charge in [0.1, 0.15) is 0 Å². The summed E-state index contributed by atoms with van der Waals surface area (Å²) in [5.74, 6) is -0.0409. The molecule has 1 aromatic carbocycles. The van der Waals surface area contributed by atoms with E-state index in [1.54, 1.807) is 0 Å². The first kappa shape index (κ1) is 14.3. The summed E-state index contributed by atoms with van der Waals surface area (Å²) in [4.78, 5) is 12.5. The number of halogens is 1. The monoisotopic (exact) mass is 390 g/mol. The average Bonchev–Trinajstić information content (AvgIpc) is 2.47. The van der Waals surface area contributed by atoms with Crippen LogP contribution in [0.5, 0.6) is 0 Å². The van der Waals surface area contributed by atoms with Gasteiger partial charge in [-0.15, -0.1) is 0 Å². The molecule has 106 valence electrons. The zero-order chi connectivity index (χ0) is 15.0. The largest absolute Gasteiger partial charge is 0.361 e. The number of ketones is 1. The third-order valence-corrected chi connectivity index (χ3v) is 5.09. The molecule has 21 heavy (non-hydrogen) atoms. The van der Waals surface area contributed by atoms with E-state index in [1.165, 1.54) is 0 Å². The van der Waals surface area contributed by atoms with Crippen molar-refractivity contribution in [3.05, 3.63) is 55.9 Å². The van der Waals surface area contributed by atoms with Gasteiger partial charge in [-0.1, -0.05) is 18.2 Å². The fourth-order valence-corrected chi connectivity index (χ4v) is 3.85. The lowest BCUT2D eigenvalue weighted by Crippen LogP contribution is -2.31. The van der Waals surface area contributed by atoms with Gasteiger partial charge in [-0.2, -0.15) is 5.26 Å². The lowest BCUT2D eigenvalue weighted by Gasteiger charge is -2.33. The van der Waals surface area contributed by atoms with Crippen LogP contribution in [-0.2, 0) is 4.79 Å². The summed E-state index contributed by atoms with van der Waals surface area (Å²) in [5.41, 5.74) is 4.39. The number of hydrogen-bond acceptors (Lipinski definition) is 3. The standard InChI is InChI=1S/C17H15IN2O/c1-10-12(9-19)16(11-5-2-3-6-13(11)18)17-14(20-10)7-4-8-15(17)21/h2-3,5-6,16,20H,4,7-8H2,1H3. The van der Waals surface area contributed by atoms with Crippen molar-refractivity contribution in [1.29, 1.82) is 5.26 Å². The Morgan fingerprint density at radius 2 is 2.10 bits per heavy atom. The predicted octanol–water partition coefficient (Wildman–Crippen LogP) is 3.78. The number of nitriles is 1.